The predicted molar refractivity (Wildman–Crippen MR) is 96.6 cm³/mol. The smallest absolute Gasteiger partial charge is 0.330 e. The Morgan fingerprint density at radius 3 is 2.25 bits per heavy atom. The minimum absolute atomic E-state index is 0.207. The van der Waals surface area contributed by atoms with Gasteiger partial charge in [-0.3, -0.25) is 0 Å². The number of carbonyl (C=O) groups excluding carboxylic acids is 1. The van der Waals surface area contributed by atoms with Crippen molar-refractivity contribution < 1.29 is 23.7 Å². The van der Waals surface area contributed by atoms with Crippen molar-refractivity contribution in [3.8, 4) is 11.5 Å². The molecule has 0 saturated carbocycles. The lowest BCUT2D eigenvalue weighted by Gasteiger charge is -2.15. The Hall–Kier alpha value is -2.05. The molecule has 0 atom stereocenters. The van der Waals surface area contributed by atoms with E-state index in [9.17, 15) is 4.79 Å². The summed E-state index contributed by atoms with van der Waals surface area (Å²) in [5, 5.41) is 1.82. The zero-order chi connectivity index (χ0) is 17.5. The number of halogens is 1. The summed E-state index contributed by atoms with van der Waals surface area (Å²) in [5.41, 5.74) is 0.705. The van der Waals surface area contributed by atoms with Gasteiger partial charge in [0.2, 0.25) is 0 Å². The van der Waals surface area contributed by atoms with Crippen LogP contribution in [0.4, 0.5) is 0 Å². The first-order chi connectivity index (χ1) is 11.6. The third-order valence-electron chi connectivity index (χ3n) is 3.42. The second kappa shape index (κ2) is 8.70. The van der Waals surface area contributed by atoms with Crippen molar-refractivity contribution in [2.75, 3.05) is 34.5 Å². The molecule has 0 bridgehead atoms. The SMILES string of the molecule is COCCOC(=O)C=Cc1c(Br)c(OC)c2ccccc2c1OC. The van der Waals surface area contributed by atoms with E-state index < -0.39 is 5.97 Å². The first kappa shape index (κ1) is 18.3. The third-order valence-corrected chi connectivity index (χ3v) is 4.21. The molecule has 0 aromatic heterocycles. The van der Waals surface area contributed by atoms with Gasteiger partial charge in [-0.25, -0.2) is 4.79 Å². The first-order valence-corrected chi connectivity index (χ1v) is 8.09. The van der Waals surface area contributed by atoms with Crippen molar-refractivity contribution in [3.63, 3.8) is 0 Å². The van der Waals surface area contributed by atoms with Crippen LogP contribution in [0.5, 0.6) is 11.5 Å². The van der Waals surface area contributed by atoms with Crippen LogP contribution in [0.25, 0.3) is 16.8 Å². The van der Waals surface area contributed by atoms with Gasteiger partial charge in [0.05, 0.1) is 25.3 Å². The zero-order valence-electron chi connectivity index (χ0n) is 13.8. The predicted octanol–water partition coefficient (Wildman–Crippen LogP) is 3.82. The largest absolute Gasteiger partial charge is 0.495 e. The molecule has 0 unspecified atom stereocenters. The molecule has 0 aliphatic rings. The van der Waals surface area contributed by atoms with Crippen LogP contribution in [0.2, 0.25) is 0 Å². The summed E-state index contributed by atoms with van der Waals surface area (Å²) in [6, 6.07) is 7.75. The summed E-state index contributed by atoms with van der Waals surface area (Å²) >= 11 is 3.54. The van der Waals surface area contributed by atoms with Gasteiger partial charge in [0, 0.05) is 29.5 Å². The highest BCUT2D eigenvalue weighted by atomic mass is 79.9. The molecule has 0 aliphatic heterocycles. The van der Waals surface area contributed by atoms with Gasteiger partial charge in [0.15, 0.2) is 0 Å². The van der Waals surface area contributed by atoms with E-state index in [0.717, 1.165) is 10.8 Å². The number of benzene rings is 2. The summed E-state index contributed by atoms with van der Waals surface area (Å²) in [5.74, 6) is 0.881. The number of hydrogen-bond donors (Lipinski definition) is 0. The van der Waals surface area contributed by atoms with Gasteiger partial charge in [-0.2, -0.15) is 0 Å². The van der Waals surface area contributed by atoms with Gasteiger partial charge in [-0.15, -0.1) is 0 Å². The lowest BCUT2D eigenvalue weighted by atomic mass is 10.0. The van der Waals surface area contributed by atoms with Gasteiger partial charge < -0.3 is 18.9 Å². The fraction of sp³-hybridized carbons (Fsp3) is 0.278. The van der Waals surface area contributed by atoms with Crippen LogP contribution in [-0.2, 0) is 14.3 Å². The Morgan fingerprint density at radius 2 is 1.67 bits per heavy atom. The molecule has 0 aliphatic carbocycles. The summed E-state index contributed by atoms with van der Waals surface area (Å²) in [6.45, 7) is 0.565. The van der Waals surface area contributed by atoms with Crippen LogP contribution >= 0.6 is 15.9 Å². The standard InChI is InChI=1S/C18H19BrO5/c1-21-10-11-24-15(20)9-8-14-16(19)18(23-3)13-7-5-4-6-12(13)17(14)22-2/h4-9H,10-11H2,1-3H3. The fourth-order valence-corrected chi connectivity index (χ4v) is 3.05. The van der Waals surface area contributed by atoms with Crippen molar-refractivity contribution in [1.82, 2.24) is 0 Å². The van der Waals surface area contributed by atoms with Crippen molar-refractivity contribution in [2.45, 2.75) is 0 Å². The summed E-state index contributed by atoms with van der Waals surface area (Å²) in [7, 11) is 4.74. The zero-order valence-corrected chi connectivity index (χ0v) is 15.4. The van der Waals surface area contributed by atoms with E-state index in [-0.39, 0.29) is 6.61 Å². The van der Waals surface area contributed by atoms with E-state index in [1.807, 2.05) is 24.3 Å². The molecule has 128 valence electrons. The Labute approximate surface area is 149 Å². The van der Waals surface area contributed by atoms with Crippen LogP contribution in [0.3, 0.4) is 0 Å². The van der Waals surface area contributed by atoms with Gasteiger partial charge in [-0.05, 0) is 22.0 Å². The lowest BCUT2D eigenvalue weighted by molar-refractivity contribution is -0.138. The number of ether oxygens (including phenoxy) is 4. The molecule has 2 aromatic carbocycles. The Morgan fingerprint density at radius 1 is 1.04 bits per heavy atom. The molecule has 0 heterocycles. The van der Waals surface area contributed by atoms with E-state index in [2.05, 4.69) is 15.9 Å². The van der Waals surface area contributed by atoms with Gasteiger partial charge in [0.25, 0.3) is 0 Å². The van der Waals surface area contributed by atoms with Crippen molar-refractivity contribution in [2.24, 2.45) is 0 Å². The van der Waals surface area contributed by atoms with E-state index in [4.69, 9.17) is 18.9 Å². The number of methoxy groups -OCH3 is 3. The quantitative estimate of drug-likeness (QED) is 0.405. The average molecular weight is 395 g/mol. The lowest BCUT2D eigenvalue weighted by Crippen LogP contribution is -2.06. The summed E-state index contributed by atoms with van der Waals surface area (Å²) in [4.78, 5) is 11.8. The normalized spacial score (nSPS) is 11.0. The first-order valence-electron chi connectivity index (χ1n) is 7.30. The van der Waals surface area contributed by atoms with E-state index in [1.54, 1.807) is 27.4 Å². The van der Waals surface area contributed by atoms with Crippen molar-refractivity contribution in [3.05, 3.63) is 40.4 Å². The third kappa shape index (κ3) is 3.88. The molecule has 5 nitrogen and oxygen atoms in total. The second-order valence-electron chi connectivity index (χ2n) is 4.83. The van der Waals surface area contributed by atoms with Crippen molar-refractivity contribution in [1.29, 1.82) is 0 Å². The highest BCUT2D eigenvalue weighted by molar-refractivity contribution is 9.10. The molecular formula is C18H19BrO5. The minimum Gasteiger partial charge on any atom is -0.495 e. The number of hydrogen-bond acceptors (Lipinski definition) is 5. The van der Waals surface area contributed by atoms with Crippen molar-refractivity contribution >= 4 is 38.7 Å². The van der Waals surface area contributed by atoms with Crippen LogP contribution in [0.15, 0.2) is 34.8 Å². The van der Waals surface area contributed by atoms with Gasteiger partial charge >= 0.3 is 5.97 Å². The molecule has 2 rings (SSSR count). The molecule has 24 heavy (non-hydrogen) atoms. The van der Waals surface area contributed by atoms with E-state index in [1.165, 1.54) is 6.08 Å². The topological polar surface area (TPSA) is 54.0 Å². The van der Waals surface area contributed by atoms with Crippen LogP contribution in [0.1, 0.15) is 5.56 Å². The molecule has 6 heteroatoms. The molecule has 0 N–H and O–H groups in total. The van der Waals surface area contributed by atoms with Crippen LogP contribution in [0, 0.1) is 0 Å². The van der Waals surface area contributed by atoms with E-state index in [0.29, 0.717) is 28.1 Å². The van der Waals surface area contributed by atoms with Crippen LogP contribution in [-0.4, -0.2) is 40.5 Å². The summed E-state index contributed by atoms with van der Waals surface area (Å²) in [6.07, 6.45) is 3.00. The molecule has 0 radical (unpaired) electrons. The van der Waals surface area contributed by atoms with Gasteiger partial charge in [-0.1, -0.05) is 24.3 Å². The van der Waals surface area contributed by atoms with E-state index >= 15 is 0 Å². The highest BCUT2D eigenvalue weighted by Gasteiger charge is 2.17. The Bertz CT molecular complexity index is 755. The molecular weight excluding hydrogens is 376 g/mol. The number of carbonyl (C=O) groups is 1. The number of rotatable bonds is 7. The minimum atomic E-state index is -0.451. The molecule has 0 fully saturated rings. The van der Waals surface area contributed by atoms with Gasteiger partial charge in [0.1, 0.15) is 18.1 Å². The number of esters is 1. The van der Waals surface area contributed by atoms with Crippen LogP contribution < -0.4 is 9.47 Å². The maximum Gasteiger partial charge on any atom is 0.330 e. The molecule has 0 saturated heterocycles. The maximum absolute atomic E-state index is 11.8. The fourth-order valence-electron chi connectivity index (χ4n) is 2.36. The second-order valence-corrected chi connectivity index (χ2v) is 5.63. The molecule has 0 spiro atoms. The summed E-state index contributed by atoms with van der Waals surface area (Å²) < 4.78 is 21.7. The monoisotopic (exact) mass is 394 g/mol. The molecule has 2 aromatic rings. The Balaban J connectivity index is 2.45. The maximum atomic E-state index is 11.8. The number of fused-ring (bicyclic) bond motifs is 1. The average Bonchev–Trinajstić information content (AvgIpc) is 2.60. The highest BCUT2D eigenvalue weighted by Crippen LogP contribution is 2.44. The Kier molecular flexibility index (Phi) is 6.63. The molecule has 0 amide bonds.